The average Bonchev–Trinajstić information content (AvgIpc) is 2.27. The van der Waals surface area contributed by atoms with E-state index in [1.165, 1.54) is 0 Å². The van der Waals surface area contributed by atoms with E-state index in [1.54, 1.807) is 26.8 Å². The molecule has 0 saturated heterocycles. The molecule has 0 bridgehead atoms. The lowest BCUT2D eigenvalue weighted by Gasteiger charge is -2.19. The monoisotopic (exact) mass is 281 g/mol. The second-order valence-electron chi connectivity index (χ2n) is 5.48. The molecule has 0 N–H and O–H groups in total. The number of hydrogen-bond acceptors (Lipinski definition) is 3. The molecule has 0 saturated carbocycles. The normalized spacial score (nSPS) is 12.2. The minimum Gasteiger partial charge on any atom is -0.456 e. The van der Waals surface area contributed by atoms with Crippen molar-refractivity contribution in [3.8, 4) is 0 Å². The van der Waals surface area contributed by atoms with Gasteiger partial charge in [-0.3, -0.25) is 0 Å². The van der Waals surface area contributed by atoms with Gasteiger partial charge in [0.2, 0.25) is 0 Å². The van der Waals surface area contributed by atoms with Crippen molar-refractivity contribution in [2.45, 2.75) is 26.4 Å². The summed E-state index contributed by atoms with van der Waals surface area (Å²) >= 11 is 5.95. The maximum atomic E-state index is 11.7. The first kappa shape index (κ1) is 15.6. The highest BCUT2D eigenvalue weighted by atomic mass is 35.5. The van der Waals surface area contributed by atoms with Crippen molar-refractivity contribution in [3.63, 3.8) is 0 Å². The molecule has 104 valence electrons. The number of benzene rings is 1. The minimum atomic E-state index is -0.542. The first-order chi connectivity index (χ1) is 8.69. The lowest BCUT2D eigenvalue weighted by Crippen LogP contribution is -2.23. The van der Waals surface area contributed by atoms with Crippen LogP contribution in [0.4, 0.5) is 5.69 Å². The van der Waals surface area contributed by atoms with Gasteiger partial charge in [-0.1, -0.05) is 23.7 Å². The van der Waals surface area contributed by atoms with Crippen LogP contribution in [0, 0.1) is 0 Å². The molecule has 0 heterocycles. The minimum absolute atomic E-state index is 0.0764. The van der Waals surface area contributed by atoms with Gasteiger partial charge in [0, 0.05) is 19.8 Å². The number of hydrogen-bond donors (Lipinski definition) is 0. The summed E-state index contributed by atoms with van der Waals surface area (Å²) in [6.45, 7) is 5.42. The Kier molecular flexibility index (Phi) is 5.01. The Hall–Kier alpha value is -1.48. The van der Waals surface area contributed by atoms with Crippen molar-refractivity contribution >= 4 is 29.3 Å². The summed E-state index contributed by atoms with van der Waals surface area (Å²) in [6.07, 6.45) is 1.61. The molecular weight excluding hydrogens is 262 g/mol. The van der Waals surface area contributed by atoms with Gasteiger partial charge in [0.1, 0.15) is 10.6 Å². The van der Waals surface area contributed by atoms with Crippen molar-refractivity contribution in [3.05, 3.63) is 34.9 Å². The van der Waals surface area contributed by atoms with Gasteiger partial charge in [-0.05, 0) is 44.5 Å². The van der Waals surface area contributed by atoms with Crippen molar-refractivity contribution < 1.29 is 9.53 Å². The molecule has 0 aliphatic rings. The van der Waals surface area contributed by atoms with Crippen LogP contribution in [-0.2, 0) is 9.53 Å². The fourth-order valence-electron chi connectivity index (χ4n) is 1.40. The molecule has 0 aromatic heterocycles. The van der Waals surface area contributed by atoms with Gasteiger partial charge in [0.25, 0.3) is 0 Å². The molecule has 1 aromatic rings. The molecule has 1 rings (SSSR count). The second-order valence-corrected chi connectivity index (χ2v) is 5.89. The molecule has 4 heteroatoms. The molecule has 0 unspecified atom stereocenters. The van der Waals surface area contributed by atoms with Gasteiger partial charge in [-0.15, -0.1) is 0 Å². The first-order valence-corrected chi connectivity index (χ1v) is 6.45. The number of halogens is 1. The fraction of sp³-hybridized carbons (Fsp3) is 0.400. The van der Waals surface area contributed by atoms with Crippen molar-refractivity contribution in [1.82, 2.24) is 0 Å². The van der Waals surface area contributed by atoms with Crippen LogP contribution in [-0.4, -0.2) is 25.7 Å². The van der Waals surface area contributed by atoms with E-state index >= 15 is 0 Å². The Morgan fingerprint density at radius 1 is 1.21 bits per heavy atom. The van der Waals surface area contributed by atoms with Crippen LogP contribution in [0.25, 0.3) is 6.08 Å². The van der Waals surface area contributed by atoms with Gasteiger partial charge < -0.3 is 9.64 Å². The number of esters is 1. The Bertz CT molecular complexity index is 470. The number of carbonyl (C=O) groups excluding carboxylic acids is 1. The van der Waals surface area contributed by atoms with Gasteiger partial charge >= 0.3 is 5.97 Å². The number of carbonyl (C=O) groups is 1. The van der Waals surface area contributed by atoms with Gasteiger partial charge in [-0.25, -0.2) is 4.79 Å². The zero-order valence-corrected chi connectivity index (χ0v) is 12.8. The highest BCUT2D eigenvalue weighted by molar-refractivity contribution is 6.43. The van der Waals surface area contributed by atoms with Crippen molar-refractivity contribution in [2.75, 3.05) is 19.0 Å². The Morgan fingerprint density at radius 3 is 2.16 bits per heavy atom. The quantitative estimate of drug-likeness (QED) is 0.625. The number of ether oxygens (including phenoxy) is 1. The highest BCUT2D eigenvalue weighted by Gasteiger charge is 2.18. The topological polar surface area (TPSA) is 29.5 Å². The molecule has 3 nitrogen and oxygen atoms in total. The molecule has 0 atom stereocenters. The molecular formula is C15H20ClNO2. The van der Waals surface area contributed by atoms with Crippen molar-refractivity contribution in [1.29, 1.82) is 0 Å². The lowest BCUT2D eigenvalue weighted by molar-refractivity contribution is -0.148. The van der Waals surface area contributed by atoms with E-state index in [1.807, 2.05) is 43.3 Å². The van der Waals surface area contributed by atoms with Gasteiger partial charge in [0.05, 0.1) is 0 Å². The number of nitrogens with zero attached hydrogens (tertiary/aromatic N) is 1. The van der Waals surface area contributed by atoms with E-state index in [0.717, 1.165) is 11.3 Å². The fourth-order valence-corrected chi connectivity index (χ4v) is 1.57. The molecule has 0 radical (unpaired) electrons. The van der Waals surface area contributed by atoms with E-state index in [9.17, 15) is 4.79 Å². The molecule has 0 fully saturated rings. The largest absolute Gasteiger partial charge is 0.456 e. The maximum Gasteiger partial charge on any atom is 0.350 e. The van der Waals surface area contributed by atoms with Crippen molar-refractivity contribution in [2.24, 2.45) is 0 Å². The van der Waals surface area contributed by atoms with Crippen LogP contribution in [0.2, 0.25) is 0 Å². The molecule has 0 amide bonds. The van der Waals surface area contributed by atoms with Crippen LogP contribution < -0.4 is 4.90 Å². The smallest absolute Gasteiger partial charge is 0.350 e. The SMILES string of the molecule is CN(C)c1ccc(/C=C(\Cl)C(=O)OC(C)(C)C)cc1. The highest BCUT2D eigenvalue weighted by Crippen LogP contribution is 2.18. The third-order valence-corrected chi connectivity index (χ3v) is 2.56. The summed E-state index contributed by atoms with van der Waals surface area (Å²) in [6, 6.07) is 7.74. The summed E-state index contributed by atoms with van der Waals surface area (Å²) in [4.78, 5) is 13.7. The van der Waals surface area contributed by atoms with Gasteiger partial charge in [-0.2, -0.15) is 0 Å². The Balaban J connectivity index is 2.81. The number of anilines is 1. The second kappa shape index (κ2) is 6.11. The first-order valence-electron chi connectivity index (χ1n) is 6.07. The predicted octanol–water partition coefficient (Wildman–Crippen LogP) is 3.67. The summed E-state index contributed by atoms with van der Waals surface area (Å²) in [5, 5.41) is 0.0764. The Labute approximate surface area is 119 Å². The third-order valence-electron chi connectivity index (χ3n) is 2.30. The van der Waals surface area contributed by atoms with E-state index < -0.39 is 11.6 Å². The summed E-state index contributed by atoms with van der Waals surface area (Å²) in [7, 11) is 3.94. The summed E-state index contributed by atoms with van der Waals surface area (Å²) in [5.74, 6) is -0.508. The van der Waals surface area contributed by atoms with E-state index in [0.29, 0.717) is 0 Å². The van der Waals surface area contributed by atoms with Crippen LogP contribution in [0.1, 0.15) is 26.3 Å². The van der Waals surface area contributed by atoms with E-state index in [2.05, 4.69) is 0 Å². The molecule has 19 heavy (non-hydrogen) atoms. The standard InChI is InChI=1S/C15H20ClNO2/c1-15(2,3)19-14(18)13(16)10-11-6-8-12(9-7-11)17(4)5/h6-10H,1-5H3/b13-10-. The molecule has 0 aliphatic heterocycles. The lowest BCUT2D eigenvalue weighted by atomic mass is 10.2. The van der Waals surface area contributed by atoms with Crippen LogP contribution in [0.15, 0.2) is 29.3 Å². The maximum absolute atomic E-state index is 11.7. The average molecular weight is 282 g/mol. The summed E-state index contributed by atoms with van der Waals surface area (Å²) < 4.78 is 5.19. The Morgan fingerprint density at radius 2 is 1.74 bits per heavy atom. The van der Waals surface area contributed by atoms with E-state index in [4.69, 9.17) is 16.3 Å². The molecule has 0 aliphatic carbocycles. The van der Waals surface area contributed by atoms with E-state index in [-0.39, 0.29) is 5.03 Å². The van der Waals surface area contributed by atoms with Crippen LogP contribution in [0.5, 0.6) is 0 Å². The molecule has 1 aromatic carbocycles. The third kappa shape index (κ3) is 5.35. The molecule has 0 spiro atoms. The zero-order valence-electron chi connectivity index (χ0n) is 12.0. The van der Waals surface area contributed by atoms with Gasteiger partial charge in [0.15, 0.2) is 0 Å². The predicted molar refractivity (Wildman–Crippen MR) is 80.4 cm³/mol. The van der Waals surface area contributed by atoms with Crippen LogP contribution >= 0.6 is 11.6 Å². The summed E-state index contributed by atoms with van der Waals surface area (Å²) in [5.41, 5.74) is 1.41. The number of rotatable bonds is 3. The zero-order chi connectivity index (χ0) is 14.6. The van der Waals surface area contributed by atoms with Crippen LogP contribution in [0.3, 0.4) is 0 Å².